The summed E-state index contributed by atoms with van der Waals surface area (Å²) in [6, 6.07) is 1.73. The number of ether oxygens (including phenoxy) is 1. The Morgan fingerprint density at radius 1 is 0.531 bits per heavy atom. The van der Waals surface area contributed by atoms with Gasteiger partial charge in [-0.3, -0.25) is 13.7 Å². The summed E-state index contributed by atoms with van der Waals surface area (Å²) in [4.78, 5) is 4.64. The third kappa shape index (κ3) is 8.90. The molecule has 0 saturated heterocycles. The lowest BCUT2D eigenvalue weighted by Crippen LogP contribution is -2.34. The van der Waals surface area contributed by atoms with Gasteiger partial charge in [0.05, 0.1) is 62.2 Å². The highest BCUT2D eigenvalue weighted by molar-refractivity contribution is 6.09. The Bertz CT molecular complexity index is 6560. The lowest BCUT2D eigenvalue weighted by Gasteiger charge is -2.42. The molecule has 5 nitrogen and oxygen atoms in total. The Hall–Kier alpha value is -9.58. The van der Waals surface area contributed by atoms with E-state index in [0.717, 1.165) is 10.8 Å². The minimum absolute atomic E-state index is 0.00358. The second-order valence-corrected chi connectivity index (χ2v) is 18.6. The molecule has 0 N–H and O–H groups in total. The highest BCUT2D eigenvalue weighted by atomic mass is 16.5. The summed E-state index contributed by atoms with van der Waals surface area (Å²) in [5.74, 6) is 0.0702. The van der Waals surface area contributed by atoms with Gasteiger partial charge in [0.2, 0.25) is 0 Å². The zero-order valence-electron chi connectivity index (χ0n) is 84.7. The number of fused-ring (bicyclic) bond motifs is 5. The number of rotatable bonds is 10. The molecule has 14 rings (SSSR count). The minimum Gasteiger partial charge on any atom is -0.458 e. The zero-order chi connectivity index (χ0) is 91.8. The van der Waals surface area contributed by atoms with Gasteiger partial charge in [0, 0.05) is 58.8 Å². The average Bonchev–Trinajstić information content (AvgIpc) is 0.698. The molecule has 0 bridgehead atoms. The van der Waals surface area contributed by atoms with E-state index in [1.165, 1.54) is 59.2 Å². The molecule has 0 unspecified atom stereocenters. The summed E-state index contributed by atoms with van der Waals surface area (Å²) in [5.41, 5.74) is -24.7. The number of pyridine rings is 1. The van der Waals surface area contributed by atoms with Crippen LogP contribution in [0.1, 0.15) is 121 Å². The monoisotopic (exact) mass is 1090 g/mol. The lowest BCUT2D eigenvalue weighted by atomic mass is 9.63. The van der Waals surface area contributed by atoms with Crippen molar-refractivity contribution in [1.29, 1.82) is 0 Å². The van der Waals surface area contributed by atoms with Crippen molar-refractivity contribution in [3.63, 3.8) is 0 Å². The number of aryl methyl sites for hydroxylation is 2. The molecule has 392 valence electrons. The Morgan fingerprint density at radius 2 is 1.17 bits per heavy atom. The normalized spacial score (nSPS) is 23.5. The molecule has 0 aliphatic heterocycles. The molecule has 81 heavy (non-hydrogen) atoms. The molecular formula is C76H62N4O. The van der Waals surface area contributed by atoms with Crippen molar-refractivity contribution in [2.24, 2.45) is 0 Å². The Morgan fingerprint density at radius 3 is 1.89 bits per heavy atom. The van der Waals surface area contributed by atoms with Gasteiger partial charge >= 0.3 is 0 Å². The largest absolute Gasteiger partial charge is 0.458 e. The quantitative estimate of drug-likeness (QED) is 0.101. The fourth-order valence-electron chi connectivity index (χ4n) is 9.93. The first-order chi connectivity index (χ1) is 57.2. The van der Waals surface area contributed by atoms with E-state index in [2.05, 4.69) is 11.3 Å². The standard InChI is InChI=1S/C76H62N4O/c1-50-39-64(55-33-36-67-68(45-55)76(5,6)38-37-75(67,3)4)74(65(40-50)58-43-56(52-21-10-7-11-22-52)42-57(44-58)53-23-12-8-13-24-53)79-49-78(70-31-18-19-32-71(70)79)59-27-20-28-60(46-59)81-61-34-35-63-62-29-16-17-30-69(62)80(72(63)47-61)73-41-51(2)66(48-77-73)54-25-14-9-15-26-54/h7-36,39-48H,37-38H2,1-6H3/i1D3,2D3,3D3,4D3,5D3,6D3,7D,8D,9D,10D,11D,12D,13D,14D,15D,21D,22D,23D,24D,25D,26D,33D,36D,37D2,38D2,42D,43D,44D,45D. The van der Waals surface area contributed by atoms with Crippen LogP contribution in [0.15, 0.2) is 242 Å². The molecule has 0 saturated carbocycles. The molecule has 1 aliphatic carbocycles. The third-order valence-electron chi connectivity index (χ3n) is 13.5. The van der Waals surface area contributed by atoms with E-state index >= 15 is 0 Å². The van der Waals surface area contributed by atoms with Crippen LogP contribution >= 0.6 is 0 Å². The van der Waals surface area contributed by atoms with E-state index in [-0.39, 0.29) is 39.6 Å². The maximum Gasteiger partial charge on any atom is 0.269 e. The van der Waals surface area contributed by atoms with Crippen LogP contribution in [0.5, 0.6) is 11.5 Å². The van der Waals surface area contributed by atoms with Crippen molar-refractivity contribution in [3.8, 4) is 84.3 Å². The highest BCUT2D eigenvalue weighted by Crippen LogP contribution is 2.48. The number of hydrogen-bond acceptors (Lipinski definition) is 2. The molecule has 13 aromatic rings. The molecule has 0 amide bonds. The van der Waals surface area contributed by atoms with E-state index in [1.807, 2.05) is 0 Å². The molecule has 0 fully saturated rings. The summed E-state index contributed by atoms with van der Waals surface area (Å²) >= 11 is 0. The van der Waals surface area contributed by atoms with Gasteiger partial charge in [0.1, 0.15) is 17.3 Å². The van der Waals surface area contributed by atoms with Crippen LogP contribution in [-0.4, -0.2) is 14.1 Å². The number of aromatic nitrogens is 4. The van der Waals surface area contributed by atoms with Crippen LogP contribution in [0, 0.1) is 20.0 Å². The predicted octanol–water partition coefficient (Wildman–Crippen LogP) is 19.3. The van der Waals surface area contributed by atoms with Crippen molar-refractivity contribution in [2.75, 3.05) is 0 Å². The Kier molecular flexibility index (Phi) is 5.29. The van der Waals surface area contributed by atoms with Crippen LogP contribution in [0.4, 0.5) is 0 Å². The van der Waals surface area contributed by atoms with Crippen LogP contribution < -0.4 is 9.30 Å². The first kappa shape index (κ1) is 21.8. The SMILES string of the molecule is [2H]c1c([2H])c([2H])c(-c2cnc(-n3c4ccccc4c4ccc(Oc5cccc(-n6[c-][n+](-c7c(-c8c([2H])c(-c9c([2H])c([2H])c([2H])c([2H])c9[2H])c([2H])c(-c9c([2H])c([2H])c([2H])c([2H])c9[2H])c8[2H])cc(C([2H])([2H])[2H])cc7-c7c([2H])c([2H])c8c(c7[2H])C(C([2H])([2H])[2H])(C([2H])([2H])[2H])C([2H])([2H])C([2H])([2H])C8(C([2H])([2H])[2H])C([2H])([2H])[2H])c7ccccc76)c5)cc43)cc2C([2H])([2H])[2H])c([2H])c1[2H]. The number of nitrogens with zero attached hydrogens (tertiary/aromatic N) is 4. The van der Waals surface area contributed by atoms with Crippen LogP contribution in [0.25, 0.3) is 106 Å². The van der Waals surface area contributed by atoms with E-state index in [1.54, 1.807) is 47.0 Å². The van der Waals surface area contributed by atoms with Crippen molar-refractivity contribution in [2.45, 2.75) is 64.7 Å². The predicted molar refractivity (Wildman–Crippen MR) is 334 cm³/mol. The zero-order valence-corrected chi connectivity index (χ0v) is 41.7. The number of imidazole rings is 1. The second kappa shape index (κ2) is 19.6. The van der Waals surface area contributed by atoms with Gasteiger partial charge in [-0.05, 0) is 165 Å². The van der Waals surface area contributed by atoms with Crippen LogP contribution in [-0.2, 0) is 10.8 Å². The number of benzene rings is 10. The molecule has 0 atom stereocenters. The van der Waals surface area contributed by atoms with Crippen LogP contribution in [0.3, 0.4) is 0 Å². The van der Waals surface area contributed by atoms with Crippen molar-refractivity contribution >= 4 is 32.8 Å². The van der Waals surface area contributed by atoms with Gasteiger partial charge < -0.3 is 4.74 Å². The molecule has 0 radical (unpaired) electrons. The number of para-hydroxylation sites is 3. The fraction of sp³-hybridized carbons (Fsp3) is 0.132. The molecule has 3 aromatic heterocycles. The van der Waals surface area contributed by atoms with Crippen molar-refractivity contribution < 1.29 is 68.2 Å². The van der Waals surface area contributed by atoms with Gasteiger partial charge in [-0.25, -0.2) is 4.98 Å². The van der Waals surface area contributed by atoms with Gasteiger partial charge in [0.15, 0.2) is 0 Å². The fourth-order valence-corrected chi connectivity index (χ4v) is 9.93. The molecule has 1 aliphatic rings. The molecule has 3 heterocycles. The first-order valence-corrected chi connectivity index (χ1v) is 24.6. The summed E-state index contributed by atoms with van der Waals surface area (Å²) in [5, 5.41) is 1.19. The summed E-state index contributed by atoms with van der Waals surface area (Å²) in [7, 11) is 0. The molecule has 5 heteroatoms. The second-order valence-electron chi connectivity index (χ2n) is 18.6. The average molecular weight is 1090 g/mol. The first-order valence-electron chi connectivity index (χ1n) is 46.1. The van der Waals surface area contributed by atoms with Crippen molar-refractivity contribution in [3.05, 3.63) is 271 Å². The topological polar surface area (TPSA) is 35.9 Å². The third-order valence-corrected chi connectivity index (χ3v) is 13.5. The smallest absolute Gasteiger partial charge is 0.269 e. The van der Waals surface area contributed by atoms with E-state index in [0.29, 0.717) is 33.9 Å². The van der Waals surface area contributed by atoms with Gasteiger partial charge in [0.25, 0.3) is 6.33 Å². The van der Waals surface area contributed by atoms with E-state index < -0.39 is 270 Å². The Balaban J connectivity index is 1.11. The summed E-state index contributed by atoms with van der Waals surface area (Å²) < 4.78 is 405. The molecular weight excluding hydrogens is 985 g/mol. The maximum atomic E-state index is 10.6. The number of hydrogen-bond donors (Lipinski definition) is 0. The van der Waals surface area contributed by atoms with E-state index in [9.17, 15) is 23.3 Å². The maximum absolute atomic E-state index is 10.6. The summed E-state index contributed by atoms with van der Waals surface area (Å²) in [6.45, 7) is -25.0. The van der Waals surface area contributed by atoms with Crippen LogP contribution in [0.2, 0.25) is 0 Å². The summed E-state index contributed by atoms with van der Waals surface area (Å²) in [6.07, 6.45) is -5.56. The van der Waals surface area contributed by atoms with Gasteiger partial charge in [-0.2, -0.15) is 0 Å². The Labute approximate surface area is 535 Å². The van der Waals surface area contributed by atoms with Gasteiger partial charge in [-0.1, -0.05) is 202 Å². The minimum atomic E-state index is -4.91. The molecule has 0 spiro atoms. The van der Waals surface area contributed by atoms with E-state index in [4.69, 9.17) is 40.4 Å². The van der Waals surface area contributed by atoms with Crippen molar-refractivity contribution in [1.82, 2.24) is 14.1 Å². The van der Waals surface area contributed by atoms with Gasteiger partial charge in [-0.15, -0.1) is 0 Å². The lowest BCUT2D eigenvalue weighted by molar-refractivity contribution is -0.571. The highest BCUT2D eigenvalue weighted by Gasteiger charge is 2.37. The molecule has 10 aromatic carbocycles.